The van der Waals surface area contributed by atoms with E-state index in [9.17, 15) is 10.4 Å². The molecule has 0 atom stereocenters. The van der Waals surface area contributed by atoms with E-state index in [1.165, 1.54) is 7.11 Å². The van der Waals surface area contributed by atoms with Crippen LogP contribution in [0.5, 0.6) is 11.5 Å². The minimum atomic E-state index is 0.0478. The highest BCUT2D eigenvalue weighted by molar-refractivity contribution is 5.81. The van der Waals surface area contributed by atoms with Gasteiger partial charge < -0.3 is 15.6 Å². The van der Waals surface area contributed by atoms with Gasteiger partial charge >= 0.3 is 0 Å². The largest absolute Gasteiger partial charge is 0.504 e. The molecule has 0 saturated heterocycles. The standard InChI is InChI=1S/C21H18N4O2/c1-3-6-13-9-14(10-19(27-2)20(13)26)15-11-18(17-7-4-5-8-24-17)25-21(23)16(15)12-22/h3-5,7-11,26H,1,6H2,2H3,(H2,23,25). The quantitative estimate of drug-likeness (QED) is 0.674. The fraction of sp³-hybridized carbons (Fsp3) is 0.0952. The van der Waals surface area contributed by atoms with Crippen molar-refractivity contribution in [1.82, 2.24) is 9.97 Å². The highest BCUT2D eigenvalue weighted by Crippen LogP contribution is 2.38. The van der Waals surface area contributed by atoms with Crippen LogP contribution in [0.15, 0.2) is 55.3 Å². The van der Waals surface area contributed by atoms with Crippen LogP contribution in [-0.2, 0) is 6.42 Å². The smallest absolute Gasteiger partial charge is 0.161 e. The number of phenols is 1. The van der Waals surface area contributed by atoms with Crippen molar-refractivity contribution in [1.29, 1.82) is 5.26 Å². The molecule has 6 heteroatoms. The zero-order chi connectivity index (χ0) is 19.4. The topological polar surface area (TPSA) is 105 Å². The molecule has 2 heterocycles. The molecule has 3 N–H and O–H groups in total. The molecule has 3 rings (SSSR count). The summed E-state index contributed by atoms with van der Waals surface area (Å²) >= 11 is 0. The van der Waals surface area contributed by atoms with Crippen LogP contribution in [0.3, 0.4) is 0 Å². The number of nitrogens with two attached hydrogens (primary N) is 1. The summed E-state index contributed by atoms with van der Waals surface area (Å²) in [5.41, 5.74) is 9.42. The van der Waals surface area contributed by atoms with Gasteiger partial charge in [-0.2, -0.15) is 5.26 Å². The Hall–Kier alpha value is -3.85. The number of aromatic hydroxyl groups is 1. The maximum absolute atomic E-state index is 10.3. The van der Waals surface area contributed by atoms with Gasteiger partial charge in [0.15, 0.2) is 11.5 Å². The van der Waals surface area contributed by atoms with Crippen LogP contribution in [0, 0.1) is 11.3 Å². The first-order valence-electron chi connectivity index (χ1n) is 8.22. The number of phenolic OH excluding ortho intramolecular Hbond substituents is 1. The van der Waals surface area contributed by atoms with Crippen LogP contribution in [0.4, 0.5) is 5.82 Å². The van der Waals surface area contributed by atoms with Gasteiger partial charge in [0.2, 0.25) is 0 Å². The van der Waals surface area contributed by atoms with Crippen LogP contribution in [0.25, 0.3) is 22.5 Å². The molecular formula is C21H18N4O2. The van der Waals surface area contributed by atoms with E-state index in [1.54, 1.807) is 30.5 Å². The maximum atomic E-state index is 10.3. The Morgan fingerprint density at radius 2 is 2.11 bits per heavy atom. The van der Waals surface area contributed by atoms with Gasteiger partial charge in [-0.25, -0.2) is 4.98 Å². The number of nitrogens with zero attached hydrogens (tertiary/aromatic N) is 3. The summed E-state index contributed by atoms with van der Waals surface area (Å²) in [5.74, 6) is 0.475. The van der Waals surface area contributed by atoms with Gasteiger partial charge in [0.25, 0.3) is 0 Å². The Labute approximate surface area is 157 Å². The van der Waals surface area contributed by atoms with Crippen molar-refractivity contribution in [3.05, 3.63) is 66.4 Å². The summed E-state index contributed by atoms with van der Waals surface area (Å²) in [6.07, 6.45) is 3.80. The van der Waals surface area contributed by atoms with E-state index < -0.39 is 0 Å². The number of nitrogen functional groups attached to an aromatic ring is 1. The van der Waals surface area contributed by atoms with Crippen LogP contribution in [0.1, 0.15) is 11.1 Å². The van der Waals surface area contributed by atoms with Gasteiger partial charge in [-0.15, -0.1) is 6.58 Å². The monoisotopic (exact) mass is 358 g/mol. The average molecular weight is 358 g/mol. The number of ether oxygens (including phenoxy) is 1. The minimum Gasteiger partial charge on any atom is -0.504 e. The molecule has 0 aliphatic carbocycles. The normalized spacial score (nSPS) is 10.2. The number of pyridine rings is 2. The Morgan fingerprint density at radius 1 is 1.30 bits per heavy atom. The molecule has 2 aromatic heterocycles. The van der Waals surface area contributed by atoms with Crippen molar-refractivity contribution in [2.24, 2.45) is 0 Å². The molecule has 0 saturated carbocycles. The maximum Gasteiger partial charge on any atom is 0.161 e. The lowest BCUT2D eigenvalue weighted by Crippen LogP contribution is -2.01. The van der Waals surface area contributed by atoms with Gasteiger partial charge in [0, 0.05) is 17.3 Å². The molecular weight excluding hydrogens is 340 g/mol. The number of hydrogen-bond donors (Lipinski definition) is 2. The fourth-order valence-corrected chi connectivity index (χ4v) is 2.84. The number of allylic oxidation sites excluding steroid dienone is 1. The van der Waals surface area contributed by atoms with Crippen molar-refractivity contribution < 1.29 is 9.84 Å². The van der Waals surface area contributed by atoms with Gasteiger partial charge in [-0.1, -0.05) is 12.1 Å². The van der Waals surface area contributed by atoms with Crippen molar-refractivity contribution in [3.63, 3.8) is 0 Å². The van der Waals surface area contributed by atoms with E-state index in [2.05, 4.69) is 22.6 Å². The van der Waals surface area contributed by atoms with E-state index in [-0.39, 0.29) is 17.1 Å². The predicted octanol–water partition coefficient (Wildman–Crippen LogP) is 3.71. The SMILES string of the molecule is C=CCc1cc(-c2cc(-c3ccccn3)nc(N)c2C#N)cc(OC)c1O. The molecule has 3 aromatic rings. The first-order valence-corrected chi connectivity index (χ1v) is 8.22. The Morgan fingerprint density at radius 3 is 2.74 bits per heavy atom. The lowest BCUT2D eigenvalue weighted by Gasteiger charge is -2.14. The number of methoxy groups -OCH3 is 1. The Bertz CT molecular complexity index is 1040. The zero-order valence-electron chi connectivity index (χ0n) is 14.8. The van der Waals surface area contributed by atoms with Crippen molar-refractivity contribution in [2.75, 3.05) is 12.8 Å². The first-order chi connectivity index (χ1) is 13.1. The third-order valence-electron chi connectivity index (χ3n) is 4.14. The predicted molar refractivity (Wildman–Crippen MR) is 104 cm³/mol. The third kappa shape index (κ3) is 3.44. The van der Waals surface area contributed by atoms with E-state index in [0.717, 1.165) is 0 Å². The highest BCUT2D eigenvalue weighted by atomic mass is 16.5. The molecule has 1 aromatic carbocycles. The second kappa shape index (κ2) is 7.58. The van der Waals surface area contributed by atoms with Gasteiger partial charge in [-0.05, 0) is 42.3 Å². The van der Waals surface area contributed by atoms with Crippen LogP contribution < -0.4 is 10.5 Å². The van der Waals surface area contributed by atoms with Crippen LogP contribution in [0.2, 0.25) is 0 Å². The molecule has 0 amide bonds. The second-order valence-electron chi connectivity index (χ2n) is 5.82. The van der Waals surface area contributed by atoms with Crippen molar-refractivity contribution in [2.45, 2.75) is 6.42 Å². The molecule has 0 aliphatic heterocycles. The number of hydrogen-bond acceptors (Lipinski definition) is 6. The first kappa shape index (κ1) is 18.0. The summed E-state index contributed by atoms with van der Waals surface area (Å²) < 4.78 is 5.29. The number of benzene rings is 1. The molecule has 134 valence electrons. The van der Waals surface area contributed by atoms with Crippen molar-refractivity contribution >= 4 is 5.82 Å². The number of anilines is 1. The summed E-state index contributed by atoms with van der Waals surface area (Å²) in [6.45, 7) is 3.71. The van der Waals surface area contributed by atoms with Gasteiger partial charge in [-0.3, -0.25) is 4.98 Å². The number of aromatic nitrogens is 2. The van der Waals surface area contributed by atoms with E-state index >= 15 is 0 Å². The lowest BCUT2D eigenvalue weighted by atomic mass is 9.96. The highest BCUT2D eigenvalue weighted by Gasteiger charge is 2.17. The second-order valence-corrected chi connectivity index (χ2v) is 5.82. The van der Waals surface area contributed by atoms with Gasteiger partial charge in [0.05, 0.1) is 18.5 Å². The Balaban J connectivity index is 2.27. The molecule has 0 aliphatic rings. The average Bonchev–Trinajstić information content (AvgIpc) is 2.69. The molecule has 0 radical (unpaired) electrons. The molecule has 0 unspecified atom stereocenters. The fourth-order valence-electron chi connectivity index (χ4n) is 2.84. The molecule has 6 nitrogen and oxygen atoms in total. The lowest BCUT2D eigenvalue weighted by molar-refractivity contribution is 0.371. The van der Waals surface area contributed by atoms with Crippen LogP contribution >= 0.6 is 0 Å². The van der Waals surface area contributed by atoms with Crippen LogP contribution in [-0.4, -0.2) is 22.2 Å². The molecule has 0 bridgehead atoms. The summed E-state index contributed by atoms with van der Waals surface area (Å²) in [6, 6.07) is 12.8. The molecule has 0 spiro atoms. The Kier molecular flexibility index (Phi) is 5.04. The summed E-state index contributed by atoms with van der Waals surface area (Å²) in [4.78, 5) is 8.61. The van der Waals surface area contributed by atoms with E-state index in [1.807, 2.05) is 18.2 Å². The number of rotatable bonds is 5. The van der Waals surface area contributed by atoms with E-state index in [4.69, 9.17) is 10.5 Å². The summed E-state index contributed by atoms with van der Waals surface area (Å²) in [7, 11) is 1.47. The van der Waals surface area contributed by atoms with Gasteiger partial charge in [0.1, 0.15) is 17.5 Å². The van der Waals surface area contributed by atoms with E-state index in [0.29, 0.717) is 40.2 Å². The molecule has 0 fully saturated rings. The minimum absolute atomic E-state index is 0.0478. The summed E-state index contributed by atoms with van der Waals surface area (Å²) in [5, 5.41) is 19.9. The molecule has 27 heavy (non-hydrogen) atoms. The zero-order valence-corrected chi connectivity index (χ0v) is 14.8. The van der Waals surface area contributed by atoms with Crippen molar-refractivity contribution in [3.8, 4) is 40.1 Å². The number of nitriles is 1. The third-order valence-corrected chi connectivity index (χ3v) is 4.14.